The Kier molecular flexibility index (Phi) is 5.59. The molecule has 0 aliphatic rings. The van der Waals surface area contributed by atoms with E-state index in [0.717, 1.165) is 23.3 Å². The zero-order chi connectivity index (χ0) is 15.2. The lowest BCUT2D eigenvalue weighted by atomic mass is 9.98. The minimum Gasteiger partial charge on any atom is -0.493 e. The Balaban J connectivity index is 2.41. The maximum Gasteiger partial charge on any atom is 0.124 e. The summed E-state index contributed by atoms with van der Waals surface area (Å²) < 4.78 is 19.0. The van der Waals surface area contributed by atoms with Gasteiger partial charge in [-0.05, 0) is 37.2 Å². The van der Waals surface area contributed by atoms with Crippen LogP contribution in [0.1, 0.15) is 30.5 Å². The number of hydrogen-bond donors (Lipinski definition) is 1. The molecule has 0 heterocycles. The van der Waals surface area contributed by atoms with Crippen molar-refractivity contribution in [1.29, 1.82) is 0 Å². The molecule has 0 spiro atoms. The van der Waals surface area contributed by atoms with E-state index in [4.69, 9.17) is 16.3 Å². The van der Waals surface area contributed by atoms with Crippen molar-refractivity contribution in [3.05, 3.63) is 64.4 Å². The van der Waals surface area contributed by atoms with Gasteiger partial charge in [-0.25, -0.2) is 4.39 Å². The van der Waals surface area contributed by atoms with Gasteiger partial charge in [-0.2, -0.15) is 0 Å². The summed E-state index contributed by atoms with van der Waals surface area (Å²) in [7, 11) is 1.85. The van der Waals surface area contributed by atoms with Gasteiger partial charge < -0.3 is 10.1 Å². The van der Waals surface area contributed by atoms with Gasteiger partial charge in [0.25, 0.3) is 0 Å². The molecule has 0 amide bonds. The molecule has 0 bridgehead atoms. The number of halogens is 2. The average Bonchev–Trinajstić information content (AvgIpc) is 2.49. The molecular weight excluding hydrogens is 289 g/mol. The van der Waals surface area contributed by atoms with Crippen LogP contribution in [0.4, 0.5) is 4.39 Å². The number of ether oxygens (including phenoxy) is 1. The number of rotatable bonds is 6. The lowest BCUT2D eigenvalue weighted by molar-refractivity contribution is 0.312. The molecule has 0 saturated carbocycles. The Bertz CT molecular complexity index is 603. The highest BCUT2D eigenvalue weighted by Crippen LogP contribution is 2.33. The fourth-order valence-corrected chi connectivity index (χ4v) is 2.55. The molecule has 1 unspecified atom stereocenters. The van der Waals surface area contributed by atoms with Crippen LogP contribution in [-0.4, -0.2) is 13.7 Å². The van der Waals surface area contributed by atoms with Crippen LogP contribution in [0.3, 0.4) is 0 Å². The number of para-hydroxylation sites is 1. The van der Waals surface area contributed by atoms with E-state index in [1.165, 1.54) is 12.1 Å². The van der Waals surface area contributed by atoms with E-state index in [-0.39, 0.29) is 11.9 Å². The van der Waals surface area contributed by atoms with Crippen molar-refractivity contribution in [1.82, 2.24) is 5.32 Å². The molecule has 2 aromatic carbocycles. The van der Waals surface area contributed by atoms with Crippen molar-refractivity contribution in [2.75, 3.05) is 13.7 Å². The molecule has 0 radical (unpaired) electrons. The standard InChI is InChI=1S/C17H19ClFNO/c1-3-10-21-16-7-5-4-6-14(16)17(20-2)13-9-8-12(19)11-15(13)18/h4-9,11,17,20H,3,10H2,1-2H3. The van der Waals surface area contributed by atoms with Crippen molar-refractivity contribution in [2.45, 2.75) is 19.4 Å². The molecule has 21 heavy (non-hydrogen) atoms. The number of hydrogen-bond acceptors (Lipinski definition) is 2. The third-order valence-electron chi connectivity index (χ3n) is 3.25. The molecule has 0 aliphatic carbocycles. The van der Waals surface area contributed by atoms with E-state index in [0.29, 0.717) is 11.6 Å². The Morgan fingerprint density at radius 1 is 1.19 bits per heavy atom. The monoisotopic (exact) mass is 307 g/mol. The van der Waals surface area contributed by atoms with Gasteiger partial charge in [0.15, 0.2) is 0 Å². The predicted molar refractivity (Wildman–Crippen MR) is 84.5 cm³/mol. The van der Waals surface area contributed by atoms with Crippen LogP contribution in [-0.2, 0) is 0 Å². The van der Waals surface area contributed by atoms with Crippen molar-refractivity contribution in [3.8, 4) is 5.75 Å². The molecular formula is C17H19ClFNO. The van der Waals surface area contributed by atoms with Gasteiger partial charge in [-0.1, -0.05) is 42.8 Å². The zero-order valence-electron chi connectivity index (χ0n) is 12.2. The van der Waals surface area contributed by atoms with E-state index >= 15 is 0 Å². The zero-order valence-corrected chi connectivity index (χ0v) is 13.0. The largest absolute Gasteiger partial charge is 0.493 e. The Morgan fingerprint density at radius 2 is 1.95 bits per heavy atom. The van der Waals surface area contributed by atoms with Crippen LogP contribution in [0.25, 0.3) is 0 Å². The highest BCUT2D eigenvalue weighted by molar-refractivity contribution is 6.31. The molecule has 2 nitrogen and oxygen atoms in total. The minimum atomic E-state index is -0.339. The summed E-state index contributed by atoms with van der Waals surface area (Å²) >= 11 is 6.19. The molecule has 0 saturated heterocycles. The van der Waals surface area contributed by atoms with Crippen molar-refractivity contribution < 1.29 is 9.13 Å². The summed E-state index contributed by atoms with van der Waals surface area (Å²) in [6.07, 6.45) is 0.940. The maximum atomic E-state index is 13.2. The third kappa shape index (κ3) is 3.74. The molecule has 0 fully saturated rings. The van der Waals surface area contributed by atoms with Gasteiger partial charge in [0, 0.05) is 10.6 Å². The summed E-state index contributed by atoms with van der Waals surface area (Å²) in [5, 5.41) is 3.63. The van der Waals surface area contributed by atoms with E-state index in [1.807, 2.05) is 31.3 Å². The first-order valence-electron chi connectivity index (χ1n) is 7.01. The Hall–Kier alpha value is -1.58. The second-order valence-corrected chi connectivity index (χ2v) is 5.18. The van der Waals surface area contributed by atoms with Crippen molar-refractivity contribution >= 4 is 11.6 Å². The van der Waals surface area contributed by atoms with Gasteiger partial charge in [0.1, 0.15) is 11.6 Å². The molecule has 4 heteroatoms. The number of benzene rings is 2. The normalized spacial score (nSPS) is 12.2. The molecule has 1 N–H and O–H groups in total. The fraction of sp³-hybridized carbons (Fsp3) is 0.294. The van der Waals surface area contributed by atoms with E-state index in [2.05, 4.69) is 12.2 Å². The highest BCUT2D eigenvalue weighted by atomic mass is 35.5. The molecule has 112 valence electrons. The lowest BCUT2D eigenvalue weighted by Gasteiger charge is -2.21. The molecule has 2 aromatic rings. The first-order chi connectivity index (χ1) is 10.2. The van der Waals surface area contributed by atoms with Gasteiger partial charge in [-0.15, -0.1) is 0 Å². The summed E-state index contributed by atoms with van der Waals surface area (Å²) in [5.41, 5.74) is 1.81. The second-order valence-electron chi connectivity index (χ2n) is 4.77. The summed E-state index contributed by atoms with van der Waals surface area (Å²) in [4.78, 5) is 0. The first kappa shape index (κ1) is 15.8. The topological polar surface area (TPSA) is 21.3 Å². The fourth-order valence-electron chi connectivity index (χ4n) is 2.28. The van der Waals surface area contributed by atoms with Crippen LogP contribution in [0.2, 0.25) is 5.02 Å². The molecule has 0 aliphatic heterocycles. The number of nitrogens with one attached hydrogen (secondary N) is 1. The van der Waals surface area contributed by atoms with Gasteiger partial charge >= 0.3 is 0 Å². The minimum absolute atomic E-state index is 0.147. The van der Waals surface area contributed by atoms with Crippen LogP contribution < -0.4 is 10.1 Å². The Labute approximate surface area is 129 Å². The third-order valence-corrected chi connectivity index (χ3v) is 3.58. The van der Waals surface area contributed by atoms with Crippen molar-refractivity contribution in [2.24, 2.45) is 0 Å². The van der Waals surface area contributed by atoms with Gasteiger partial charge in [0.2, 0.25) is 0 Å². The quantitative estimate of drug-likeness (QED) is 0.843. The molecule has 1 atom stereocenters. The van der Waals surface area contributed by atoms with Crippen LogP contribution >= 0.6 is 11.6 Å². The maximum absolute atomic E-state index is 13.2. The van der Waals surface area contributed by atoms with Gasteiger partial charge in [0.05, 0.1) is 12.6 Å². The van der Waals surface area contributed by atoms with Crippen molar-refractivity contribution in [3.63, 3.8) is 0 Å². The summed E-state index contributed by atoms with van der Waals surface area (Å²) in [5.74, 6) is 0.480. The van der Waals surface area contributed by atoms with Crippen LogP contribution in [0.5, 0.6) is 5.75 Å². The van der Waals surface area contributed by atoms with E-state index in [9.17, 15) is 4.39 Å². The molecule has 0 aromatic heterocycles. The second kappa shape index (κ2) is 7.43. The van der Waals surface area contributed by atoms with E-state index in [1.54, 1.807) is 6.07 Å². The van der Waals surface area contributed by atoms with Crippen LogP contribution in [0.15, 0.2) is 42.5 Å². The highest BCUT2D eigenvalue weighted by Gasteiger charge is 2.19. The van der Waals surface area contributed by atoms with Crippen LogP contribution in [0, 0.1) is 5.82 Å². The summed E-state index contributed by atoms with van der Waals surface area (Å²) in [6.45, 7) is 2.72. The molecule has 2 rings (SSSR count). The average molecular weight is 308 g/mol. The van der Waals surface area contributed by atoms with E-state index < -0.39 is 0 Å². The lowest BCUT2D eigenvalue weighted by Crippen LogP contribution is -2.19. The Morgan fingerprint density at radius 3 is 2.62 bits per heavy atom. The van der Waals surface area contributed by atoms with Gasteiger partial charge in [-0.3, -0.25) is 0 Å². The smallest absolute Gasteiger partial charge is 0.124 e. The SMILES string of the molecule is CCCOc1ccccc1C(NC)c1ccc(F)cc1Cl. The summed E-state index contributed by atoms with van der Waals surface area (Å²) in [6, 6.07) is 12.1. The first-order valence-corrected chi connectivity index (χ1v) is 7.39. The predicted octanol–water partition coefficient (Wildman–Crippen LogP) is 4.58.